The summed E-state index contributed by atoms with van der Waals surface area (Å²) in [6, 6.07) is 9.47. The van der Waals surface area contributed by atoms with Gasteiger partial charge in [0.1, 0.15) is 24.4 Å². The first-order valence-electron chi connectivity index (χ1n) is 13.6. The van der Waals surface area contributed by atoms with E-state index >= 15 is 0 Å². The highest BCUT2D eigenvalue weighted by Crippen LogP contribution is 2.22. The maximum atomic E-state index is 12.4. The van der Waals surface area contributed by atoms with Crippen LogP contribution >= 0.6 is 0 Å². The number of phenols is 1. The van der Waals surface area contributed by atoms with E-state index in [0.29, 0.717) is 42.4 Å². The lowest BCUT2D eigenvalue weighted by molar-refractivity contribution is -0.133. The average Bonchev–Trinajstić information content (AvgIpc) is 3.63. The first kappa shape index (κ1) is 31.6. The van der Waals surface area contributed by atoms with Crippen LogP contribution in [0.5, 0.6) is 5.75 Å². The van der Waals surface area contributed by atoms with E-state index in [2.05, 4.69) is 22.4 Å². The number of aromatic nitrogens is 1. The molecule has 2 fully saturated rings. The summed E-state index contributed by atoms with van der Waals surface area (Å²) in [5.41, 5.74) is 0.279. The third kappa shape index (κ3) is 7.63. The van der Waals surface area contributed by atoms with Crippen LogP contribution < -0.4 is 5.32 Å². The molecule has 42 heavy (non-hydrogen) atoms. The normalized spacial score (nSPS) is 17.9. The summed E-state index contributed by atoms with van der Waals surface area (Å²) < 4.78 is 0. The van der Waals surface area contributed by atoms with Crippen LogP contribution in [-0.2, 0) is 9.59 Å². The maximum absolute atomic E-state index is 12.4. The second kappa shape index (κ2) is 13.6. The summed E-state index contributed by atoms with van der Waals surface area (Å²) in [6.45, 7) is 5.92. The first-order valence-corrected chi connectivity index (χ1v) is 13.6. The molecule has 0 spiro atoms. The molecule has 0 bridgehead atoms. The number of rotatable bonds is 5. The molecule has 2 aliphatic rings. The average molecular weight is 578 g/mol. The number of aromatic hydroxyl groups is 1. The van der Waals surface area contributed by atoms with Gasteiger partial charge < -0.3 is 25.3 Å². The van der Waals surface area contributed by atoms with Crippen LogP contribution in [-0.4, -0.2) is 97.5 Å². The third-order valence-corrected chi connectivity index (χ3v) is 7.15. The Hall–Kier alpha value is -4.91. The molecule has 222 valence electrons. The molecule has 0 unspecified atom stereocenters. The van der Waals surface area contributed by atoms with Crippen molar-refractivity contribution in [2.24, 2.45) is 0 Å². The number of nitrogens with zero attached hydrogens (tertiary/aromatic N) is 6. The standard InChI is InChI=1S/C17H16N4O3.C12H19N3O3/c18-9-11-2-1-7-21(11)16(23)10-20-17(24)13-5-6-19-15-4-3-12(22)8-14(13)15;1-12(2,3)15(11(17)18)8-10(16)14-6-4-5-9(14)7-13/h3-6,8,11,22H,1-2,7,10H2,(H,20,24);9H,4-6,8H2,1-3H3,(H,17,18)/t11-;9-/m00/s1. The van der Waals surface area contributed by atoms with Gasteiger partial charge in [0.15, 0.2) is 0 Å². The lowest BCUT2D eigenvalue weighted by Crippen LogP contribution is -2.51. The Morgan fingerprint density at radius 1 is 1.02 bits per heavy atom. The van der Waals surface area contributed by atoms with Crippen molar-refractivity contribution in [3.05, 3.63) is 36.0 Å². The van der Waals surface area contributed by atoms with E-state index in [4.69, 9.17) is 15.6 Å². The van der Waals surface area contributed by atoms with Gasteiger partial charge in [-0.05, 0) is 70.7 Å². The molecule has 13 heteroatoms. The zero-order valence-electron chi connectivity index (χ0n) is 23.9. The minimum atomic E-state index is -1.12. The molecule has 0 saturated carbocycles. The molecule has 4 rings (SSSR count). The van der Waals surface area contributed by atoms with Gasteiger partial charge in [-0.1, -0.05) is 0 Å². The van der Waals surface area contributed by atoms with Gasteiger partial charge in [0, 0.05) is 30.2 Å². The van der Waals surface area contributed by atoms with Crippen molar-refractivity contribution in [1.82, 2.24) is 25.0 Å². The van der Waals surface area contributed by atoms with Gasteiger partial charge >= 0.3 is 6.09 Å². The van der Waals surface area contributed by atoms with Crippen molar-refractivity contribution in [2.75, 3.05) is 26.2 Å². The predicted molar refractivity (Wildman–Crippen MR) is 151 cm³/mol. The molecular weight excluding hydrogens is 542 g/mol. The SMILES string of the molecule is CC(C)(C)N(CC(=O)N1CCC[C@H]1C#N)C(=O)O.N#C[C@@H]1CCCN1C(=O)CNC(=O)c1ccnc2ccc(O)cc12. The maximum Gasteiger partial charge on any atom is 0.408 e. The lowest BCUT2D eigenvalue weighted by atomic mass is 10.1. The van der Waals surface area contributed by atoms with E-state index in [1.54, 1.807) is 26.8 Å². The number of likely N-dealkylation sites (tertiary alicyclic amines) is 2. The number of carbonyl (C=O) groups excluding carboxylic acids is 3. The number of phenolic OH excluding ortho intramolecular Hbond substituents is 1. The summed E-state index contributed by atoms with van der Waals surface area (Å²) in [5, 5.41) is 39.8. The highest BCUT2D eigenvalue weighted by molar-refractivity contribution is 6.07. The van der Waals surface area contributed by atoms with Gasteiger partial charge in [-0.2, -0.15) is 10.5 Å². The molecule has 3 N–H and O–H groups in total. The van der Waals surface area contributed by atoms with E-state index in [1.165, 1.54) is 34.2 Å². The van der Waals surface area contributed by atoms with Gasteiger partial charge in [0.2, 0.25) is 11.8 Å². The van der Waals surface area contributed by atoms with Gasteiger partial charge in [-0.3, -0.25) is 24.3 Å². The Balaban J connectivity index is 0.000000241. The minimum Gasteiger partial charge on any atom is -0.508 e. The Morgan fingerprint density at radius 3 is 2.17 bits per heavy atom. The van der Waals surface area contributed by atoms with Crippen LogP contribution in [0.2, 0.25) is 0 Å². The molecule has 2 saturated heterocycles. The van der Waals surface area contributed by atoms with Crippen LogP contribution in [0.25, 0.3) is 10.9 Å². The fourth-order valence-corrected chi connectivity index (χ4v) is 4.90. The topological polar surface area (TPSA) is 191 Å². The summed E-state index contributed by atoms with van der Waals surface area (Å²) in [4.78, 5) is 56.0. The van der Waals surface area contributed by atoms with E-state index in [9.17, 15) is 24.3 Å². The molecule has 13 nitrogen and oxygen atoms in total. The van der Waals surface area contributed by atoms with E-state index in [-0.39, 0.29) is 30.7 Å². The van der Waals surface area contributed by atoms with Gasteiger partial charge in [0.25, 0.3) is 5.91 Å². The summed E-state index contributed by atoms with van der Waals surface area (Å²) >= 11 is 0. The number of amides is 4. The molecule has 1 aromatic carbocycles. The molecule has 2 aliphatic heterocycles. The Morgan fingerprint density at radius 2 is 1.62 bits per heavy atom. The van der Waals surface area contributed by atoms with Crippen LogP contribution in [0.15, 0.2) is 30.5 Å². The van der Waals surface area contributed by atoms with Crippen molar-refractivity contribution >= 4 is 34.7 Å². The summed E-state index contributed by atoms with van der Waals surface area (Å²) in [5.74, 6) is -0.950. The number of pyridine rings is 1. The van der Waals surface area contributed by atoms with E-state index in [1.807, 2.05) is 0 Å². The molecule has 2 atom stereocenters. The zero-order valence-corrected chi connectivity index (χ0v) is 23.9. The summed E-state index contributed by atoms with van der Waals surface area (Å²) in [7, 11) is 0. The van der Waals surface area contributed by atoms with E-state index in [0.717, 1.165) is 17.7 Å². The van der Waals surface area contributed by atoms with Crippen LogP contribution in [0, 0.1) is 22.7 Å². The largest absolute Gasteiger partial charge is 0.508 e. The number of carbonyl (C=O) groups is 4. The number of hydrogen-bond acceptors (Lipinski definition) is 8. The second-order valence-electron chi connectivity index (χ2n) is 11.0. The molecule has 4 amide bonds. The summed E-state index contributed by atoms with van der Waals surface area (Å²) in [6.07, 6.45) is 3.32. The molecule has 3 heterocycles. The highest BCUT2D eigenvalue weighted by Gasteiger charge is 2.34. The molecule has 0 radical (unpaired) electrons. The minimum absolute atomic E-state index is 0.0366. The van der Waals surface area contributed by atoms with Crippen LogP contribution in [0.4, 0.5) is 4.79 Å². The lowest BCUT2D eigenvalue weighted by Gasteiger charge is -2.34. The van der Waals surface area contributed by atoms with Crippen LogP contribution in [0.3, 0.4) is 0 Å². The fraction of sp³-hybridized carbons (Fsp3) is 0.483. The number of hydrogen-bond donors (Lipinski definition) is 3. The van der Waals surface area contributed by atoms with Crippen molar-refractivity contribution < 1.29 is 29.4 Å². The zero-order chi connectivity index (χ0) is 31.0. The number of benzene rings is 1. The van der Waals surface area contributed by atoms with E-state index < -0.39 is 29.6 Å². The Bertz CT molecular complexity index is 1420. The molecule has 2 aromatic rings. The quantitative estimate of drug-likeness (QED) is 0.479. The number of carboxylic acid groups (broad SMARTS) is 1. The molecule has 1 aromatic heterocycles. The van der Waals surface area contributed by atoms with Gasteiger partial charge in [-0.25, -0.2) is 4.79 Å². The number of fused-ring (bicyclic) bond motifs is 1. The van der Waals surface area contributed by atoms with Gasteiger partial charge in [-0.15, -0.1) is 0 Å². The number of nitrogens with one attached hydrogen (secondary N) is 1. The first-order chi connectivity index (χ1) is 19.9. The highest BCUT2D eigenvalue weighted by atomic mass is 16.4. The predicted octanol–water partition coefficient (Wildman–Crippen LogP) is 2.46. The Kier molecular flexibility index (Phi) is 10.3. The Labute approximate surface area is 243 Å². The monoisotopic (exact) mass is 577 g/mol. The van der Waals surface area contributed by atoms with Crippen molar-refractivity contribution in [1.29, 1.82) is 10.5 Å². The second-order valence-corrected chi connectivity index (χ2v) is 11.0. The van der Waals surface area contributed by atoms with Gasteiger partial charge in [0.05, 0.1) is 29.8 Å². The van der Waals surface area contributed by atoms with Crippen molar-refractivity contribution in [3.63, 3.8) is 0 Å². The molecular formula is C29H35N7O6. The fourth-order valence-electron chi connectivity index (χ4n) is 4.90. The van der Waals surface area contributed by atoms with Crippen molar-refractivity contribution in [3.8, 4) is 17.9 Å². The third-order valence-electron chi connectivity index (χ3n) is 7.15. The number of nitriles is 2. The van der Waals surface area contributed by atoms with Crippen LogP contribution in [0.1, 0.15) is 56.8 Å². The smallest absolute Gasteiger partial charge is 0.408 e. The molecule has 0 aliphatic carbocycles. The van der Waals surface area contributed by atoms with Crippen molar-refractivity contribution in [2.45, 2.75) is 64.1 Å².